The fraction of sp³-hybridized carbons (Fsp3) is 0.900. The first kappa shape index (κ1) is 11.5. The van der Waals surface area contributed by atoms with E-state index in [1.54, 1.807) is 0 Å². The Morgan fingerprint density at radius 3 is 3.00 bits per heavy atom. The molecular formula is C10H20N2O2. The van der Waals surface area contributed by atoms with E-state index in [1.165, 1.54) is 0 Å². The van der Waals surface area contributed by atoms with Crippen LogP contribution in [0.2, 0.25) is 0 Å². The van der Waals surface area contributed by atoms with Crippen LogP contribution in [-0.4, -0.2) is 48.2 Å². The van der Waals surface area contributed by atoms with Crippen LogP contribution in [0.25, 0.3) is 0 Å². The molecule has 14 heavy (non-hydrogen) atoms. The van der Waals surface area contributed by atoms with Gasteiger partial charge in [0, 0.05) is 19.7 Å². The van der Waals surface area contributed by atoms with Gasteiger partial charge in [-0.15, -0.1) is 0 Å². The largest absolute Gasteiger partial charge is 0.396 e. The van der Waals surface area contributed by atoms with E-state index in [0.29, 0.717) is 0 Å². The minimum Gasteiger partial charge on any atom is -0.396 e. The molecule has 0 radical (unpaired) electrons. The van der Waals surface area contributed by atoms with Crippen molar-refractivity contribution in [3.63, 3.8) is 0 Å². The number of nitrogens with one attached hydrogen (secondary N) is 1. The number of rotatable bonds is 6. The highest BCUT2D eigenvalue weighted by atomic mass is 16.3. The molecule has 1 amide bonds. The van der Waals surface area contributed by atoms with Crippen molar-refractivity contribution in [2.75, 3.05) is 26.2 Å². The standard InChI is InChI=1S/C10H20N2O2/c1-2-11-9-5-7-12(10(9)14)6-3-4-8-13/h9,11,13H,2-8H2,1H3. The van der Waals surface area contributed by atoms with E-state index in [0.717, 1.165) is 38.9 Å². The van der Waals surface area contributed by atoms with Crippen LogP contribution in [0.15, 0.2) is 0 Å². The summed E-state index contributed by atoms with van der Waals surface area (Å²) < 4.78 is 0. The number of nitrogens with zero attached hydrogens (tertiary/aromatic N) is 1. The van der Waals surface area contributed by atoms with Crippen LogP contribution in [0.5, 0.6) is 0 Å². The number of likely N-dealkylation sites (tertiary alicyclic amines) is 1. The summed E-state index contributed by atoms with van der Waals surface area (Å²) >= 11 is 0. The van der Waals surface area contributed by atoms with Crippen LogP contribution in [-0.2, 0) is 4.79 Å². The maximum absolute atomic E-state index is 11.7. The molecule has 0 aliphatic carbocycles. The van der Waals surface area contributed by atoms with Gasteiger partial charge in [0.15, 0.2) is 0 Å². The van der Waals surface area contributed by atoms with E-state index in [9.17, 15) is 4.79 Å². The van der Waals surface area contributed by atoms with E-state index < -0.39 is 0 Å². The number of carbonyl (C=O) groups is 1. The Morgan fingerprint density at radius 1 is 1.57 bits per heavy atom. The average Bonchev–Trinajstić information content (AvgIpc) is 2.51. The maximum atomic E-state index is 11.7. The number of likely N-dealkylation sites (N-methyl/N-ethyl adjacent to an activating group) is 1. The third-order valence-electron chi connectivity index (χ3n) is 2.58. The third kappa shape index (κ3) is 2.96. The van der Waals surface area contributed by atoms with Crippen molar-refractivity contribution in [3.8, 4) is 0 Å². The topological polar surface area (TPSA) is 52.6 Å². The Kier molecular flexibility index (Phi) is 4.90. The number of amides is 1. The Labute approximate surface area is 85.3 Å². The van der Waals surface area contributed by atoms with Crippen molar-refractivity contribution in [1.82, 2.24) is 10.2 Å². The predicted octanol–water partition coefficient (Wildman–Crippen LogP) is -0.0307. The van der Waals surface area contributed by atoms with Gasteiger partial charge in [0.1, 0.15) is 0 Å². The summed E-state index contributed by atoms with van der Waals surface area (Å²) in [6, 6.07) is 0.0362. The van der Waals surface area contributed by atoms with Crippen molar-refractivity contribution in [3.05, 3.63) is 0 Å². The highest BCUT2D eigenvalue weighted by Gasteiger charge is 2.29. The quantitative estimate of drug-likeness (QED) is 0.592. The molecule has 2 N–H and O–H groups in total. The van der Waals surface area contributed by atoms with Crippen LogP contribution in [0.3, 0.4) is 0 Å². The monoisotopic (exact) mass is 200 g/mol. The summed E-state index contributed by atoms with van der Waals surface area (Å²) in [6.45, 7) is 4.74. The summed E-state index contributed by atoms with van der Waals surface area (Å²) in [5.74, 6) is 0.227. The molecule has 0 saturated carbocycles. The number of hydrogen-bond acceptors (Lipinski definition) is 3. The van der Waals surface area contributed by atoms with E-state index in [1.807, 2.05) is 11.8 Å². The lowest BCUT2D eigenvalue weighted by Gasteiger charge is -2.16. The smallest absolute Gasteiger partial charge is 0.239 e. The Hall–Kier alpha value is -0.610. The van der Waals surface area contributed by atoms with Gasteiger partial charge in [-0.25, -0.2) is 0 Å². The average molecular weight is 200 g/mol. The van der Waals surface area contributed by atoms with Crippen molar-refractivity contribution >= 4 is 5.91 Å². The van der Waals surface area contributed by atoms with E-state index in [4.69, 9.17) is 5.11 Å². The molecule has 1 heterocycles. The number of hydrogen-bond donors (Lipinski definition) is 2. The zero-order valence-electron chi connectivity index (χ0n) is 8.83. The summed E-state index contributed by atoms with van der Waals surface area (Å²) in [7, 11) is 0. The first-order chi connectivity index (χ1) is 6.79. The molecule has 1 rings (SSSR count). The van der Waals surface area contributed by atoms with Gasteiger partial charge in [-0.3, -0.25) is 4.79 Å². The molecule has 1 fully saturated rings. The van der Waals surface area contributed by atoms with Gasteiger partial charge in [-0.1, -0.05) is 6.92 Å². The van der Waals surface area contributed by atoms with Crippen LogP contribution in [0, 0.1) is 0 Å². The van der Waals surface area contributed by atoms with E-state index >= 15 is 0 Å². The van der Waals surface area contributed by atoms with Crippen molar-refractivity contribution < 1.29 is 9.90 Å². The highest BCUT2D eigenvalue weighted by Crippen LogP contribution is 2.11. The number of unbranched alkanes of at least 4 members (excludes halogenated alkanes) is 1. The fourth-order valence-electron chi connectivity index (χ4n) is 1.81. The van der Waals surface area contributed by atoms with Gasteiger partial charge in [0.2, 0.25) is 5.91 Å². The number of carbonyl (C=O) groups excluding carboxylic acids is 1. The molecule has 4 nitrogen and oxygen atoms in total. The molecule has 0 aromatic rings. The second-order valence-corrected chi connectivity index (χ2v) is 3.65. The molecule has 0 spiro atoms. The third-order valence-corrected chi connectivity index (χ3v) is 2.58. The van der Waals surface area contributed by atoms with Crippen LogP contribution >= 0.6 is 0 Å². The molecule has 1 aliphatic rings. The normalized spacial score (nSPS) is 22.0. The van der Waals surface area contributed by atoms with E-state index in [2.05, 4.69) is 5.32 Å². The Morgan fingerprint density at radius 2 is 2.36 bits per heavy atom. The first-order valence-corrected chi connectivity index (χ1v) is 5.42. The molecule has 4 heteroatoms. The van der Waals surface area contributed by atoms with Crippen molar-refractivity contribution in [2.24, 2.45) is 0 Å². The van der Waals surface area contributed by atoms with Gasteiger partial charge in [0.05, 0.1) is 6.04 Å². The number of aliphatic hydroxyl groups is 1. The van der Waals surface area contributed by atoms with Crippen LogP contribution in [0.4, 0.5) is 0 Å². The second-order valence-electron chi connectivity index (χ2n) is 3.65. The minimum atomic E-state index is 0.0362. The molecule has 0 bridgehead atoms. The Balaban J connectivity index is 2.25. The molecule has 1 saturated heterocycles. The lowest BCUT2D eigenvalue weighted by molar-refractivity contribution is -0.129. The van der Waals surface area contributed by atoms with Crippen LogP contribution in [0.1, 0.15) is 26.2 Å². The highest BCUT2D eigenvalue weighted by molar-refractivity contribution is 5.83. The SMILES string of the molecule is CCNC1CCN(CCCCO)C1=O. The lowest BCUT2D eigenvalue weighted by atomic mass is 10.2. The van der Waals surface area contributed by atoms with Crippen molar-refractivity contribution in [1.29, 1.82) is 0 Å². The summed E-state index contributed by atoms with van der Waals surface area (Å²) in [6.07, 6.45) is 2.61. The summed E-state index contributed by atoms with van der Waals surface area (Å²) in [5.41, 5.74) is 0. The van der Waals surface area contributed by atoms with Gasteiger partial charge in [-0.05, 0) is 25.8 Å². The van der Waals surface area contributed by atoms with Gasteiger partial charge in [0.25, 0.3) is 0 Å². The molecular weight excluding hydrogens is 180 g/mol. The van der Waals surface area contributed by atoms with Crippen LogP contribution < -0.4 is 5.32 Å². The summed E-state index contributed by atoms with van der Waals surface area (Å²) in [4.78, 5) is 13.6. The minimum absolute atomic E-state index is 0.0362. The van der Waals surface area contributed by atoms with E-state index in [-0.39, 0.29) is 18.6 Å². The fourth-order valence-corrected chi connectivity index (χ4v) is 1.81. The zero-order chi connectivity index (χ0) is 10.4. The molecule has 0 aromatic heterocycles. The zero-order valence-corrected chi connectivity index (χ0v) is 8.83. The first-order valence-electron chi connectivity index (χ1n) is 5.42. The van der Waals surface area contributed by atoms with Gasteiger partial charge < -0.3 is 15.3 Å². The molecule has 0 aromatic carbocycles. The van der Waals surface area contributed by atoms with Crippen molar-refractivity contribution in [2.45, 2.75) is 32.2 Å². The molecule has 1 unspecified atom stereocenters. The Bertz CT molecular complexity index is 185. The second kappa shape index (κ2) is 5.98. The molecule has 1 atom stereocenters. The van der Waals surface area contributed by atoms with Gasteiger partial charge >= 0.3 is 0 Å². The number of aliphatic hydroxyl groups excluding tert-OH is 1. The maximum Gasteiger partial charge on any atom is 0.239 e. The molecule has 1 aliphatic heterocycles. The summed E-state index contributed by atoms with van der Waals surface area (Å²) in [5, 5.41) is 11.8. The predicted molar refractivity (Wildman–Crippen MR) is 55.0 cm³/mol. The molecule has 82 valence electrons. The van der Waals surface area contributed by atoms with Gasteiger partial charge in [-0.2, -0.15) is 0 Å². The lowest BCUT2D eigenvalue weighted by Crippen LogP contribution is -2.38.